The second kappa shape index (κ2) is 4.41. The lowest BCUT2D eigenvalue weighted by Gasteiger charge is -2.19. The maximum Gasteiger partial charge on any atom is 0.447 e. The molecule has 2 rings (SSSR count). The molecule has 0 fully saturated rings. The zero-order chi connectivity index (χ0) is 11.5. The van der Waals surface area contributed by atoms with E-state index in [0.29, 0.717) is 6.61 Å². The lowest BCUT2D eigenvalue weighted by molar-refractivity contribution is -0.138. The lowest BCUT2D eigenvalue weighted by atomic mass is 9.69. The molecule has 16 heavy (non-hydrogen) atoms. The average molecular weight is 217 g/mol. The smallest absolute Gasteiger partial charge is 0.447 e. The first-order valence-corrected chi connectivity index (χ1v) is 5.14. The molecule has 0 amide bonds. The Bertz CT molecular complexity index is 445. The summed E-state index contributed by atoms with van der Waals surface area (Å²) in [6, 6.07) is 7.35. The van der Waals surface area contributed by atoms with Crippen LogP contribution in [0.4, 0.5) is 0 Å². The molecule has 4 nitrogen and oxygen atoms in total. The van der Waals surface area contributed by atoms with Crippen LogP contribution < -0.4 is 10.7 Å². The minimum Gasteiger partial charge on any atom is -0.461 e. The van der Waals surface area contributed by atoms with Crippen LogP contribution >= 0.6 is 0 Å². The molecule has 0 saturated heterocycles. The van der Waals surface area contributed by atoms with E-state index in [9.17, 15) is 9.82 Å². The highest BCUT2D eigenvalue weighted by atomic mass is 16.5. The Morgan fingerprint density at radius 3 is 3.00 bits per heavy atom. The number of esters is 1. The van der Waals surface area contributed by atoms with E-state index in [1.807, 2.05) is 24.3 Å². The van der Waals surface area contributed by atoms with Gasteiger partial charge in [-0.25, -0.2) is 4.79 Å². The molecule has 1 aromatic carbocycles. The first-order valence-electron chi connectivity index (χ1n) is 5.14. The highest BCUT2D eigenvalue weighted by Crippen LogP contribution is 2.10. The van der Waals surface area contributed by atoms with E-state index in [1.165, 1.54) is 0 Å². The Hall–Kier alpha value is -1.75. The van der Waals surface area contributed by atoms with Gasteiger partial charge in [-0.1, -0.05) is 24.3 Å². The zero-order valence-corrected chi connectivity index (χ0v) is 8.93. The molecule has 5 heteroatoms. The minimum absolute atomic E-state index is 0.285. The first kappa shape index (κ1) is 10.8. The van der Waals surface area contributed by atoms with Gasteiger partial charge < -0.3 is 15.0 Å². The molecule has 0 radical (unpaired) electrons. The number of rotatable bonds is 2. The van der Waals surface area contributed by atoms with Crippen LogP contribution in [0, 0.1) is 0 Å². The van der Waals surface area contributed by atoms with Crippen molar-refractivity contribution < 1.29 is 14.6 Å². The van der Waals surface area contributed by atoms with E-state index in [0.717, 1.165) is 11.0 Å². The molecule has 0 bridgehead atoms. The summed E-state index contributed by atoms with van der Waals surface area (Å²) in [7, 11) is -0.861. The standard InChI is InChI=1S/C11H12BNO3/c1-2-16-11(14)10-7-8-5-3-4-6-9(8)12(15)13-10/h3-7,13,15H,2H2,1H3. The van der Waals surface area contributed by atoms with Gasteiger partial charge in [-0.2, -0.15) is 0 Å². The Morgan fingerprint density at radius 1 is 1.50 bits per heavy atom. The van der Waals surface area contributed by atoms with Gasteiger partial charge in [0.2, 0.25) is 0 Å². The minimum atomic E-state index is -0.861. The molecular formula is C11H12BNO3. The lowest BCUT2D eigenvalue weighted by Crippen LogP contribution is -2.49. The van der Waals surface area contributed by atoms with E-state index in [4.69, 9.17) is 4.74 Å². The van der Waals surface area contributed by atoms with Gasteiger partial charge in [0, 0.05) is 0 Å². The second-order valence-corrected chi connectivity index (χ2v) is 3.45. The highest BCUT2D eigenvalue weighted by Gasteiger charge is 2.26. The Labute approximate surface area is 94.1 Å². The Kier molecular flexibility index (Phi) is 2.96. The summed E-state index contributed by atoms with van der Waals surface area (Å²) in [6.07, 6.45) is 1.68. The average Bonchev–Trinajstić information content (AvgIpc) is 2.29. The summed E-state index contributed by atoms with van der Waals surface area (Å²) in [6.45, 7) is 2.06. The van der Waals surface area contributed by atoms with Crippen LogP contribution in [0.25, 0.3) is 6.08 Å². The van der Waals surface area contributed by atoms with Crippen molar-refractivity contribution in [2.45, 2.75) is 6.92 Å². The molecule has 0 saturated carbocycles. The van der Waals surface area contributed by atoms with Crippen LogP contribution in [-0.4, -0.2) is 24.7 Å². The predicted octanol–water partition coefficient (Wildman–Crippen LogP) is -0.119. The van der Waals surface area contributed by atoms with Crippen molar-refractivity contribution in [1.29, 1.82) is 0 Å². The van der Waals surface area contributed by atoms with Gasteiger partial charge in [0.1, 0.15) is 5.70 Å². The maximum absolute atomic E-state index is 11.5. The van der Waals surface area contributed by atoms with Crippen LogP contribution in [0.1, 0.15) is 12.5 Å². The van der Waals surface area contributed by atoms with Crippen LogP contribution in [0.3, 0.4) is 0 Å². The maximum atomic E-state index is 11.5. The van der Waals surface area contributed by atoms with E-state index in [-0.39, 0.29) is 5.70 Å². The molecule has 82 valence electrons. The van der Waals surface area contributed by atoms with Crippen LogP contribution in [0.5, 0.6) is 0 Å². The number of carbonyl (C=O) groups is 1. The van der Waals surface area contributed by atoms with Gasteiger partial charge >= 0.3 is 13.0 Å². The second-order valence-electron chi connectivity index (χ2n) is 3.45. The van der Waals surface area contributed by atoms with Gasteiger partial charge in [-0.15, -0.1) is 0 Å². The third-order valence-electron chi connectivity index (χ3n) is 2.38. The molecular weight excluding hydrogens is 205 g/mol. The molecule has 2 N–H and O–H groups in total. The molecule has 1 aliphatic rings. The van der Waals surface area contributed by atoms with Crippen molar-refractivity contribution in [2.24, 2.45) is 0 Å². The fourth-order valence-corrected chi connectivity index (χ4v) is 1.64. The van der Waals surface area contributed by atoms with Crippen LogP contribution in [-0.2, 0) is 9.53 Å². The molecule has 1 aromatic rings. The van der Waals surface area contributed by atoms with Crippen molar-refractivity contribution in [1.82, 2.24) is 5.23 Å². The normalized spacial score (nSPS) is 13.6. The largest absolute Gasteiger partial charge is 0.461 e. The van der Waals surface area contributed by atoms with Crippen molar-refractivity contribution in [3.05, 3.63) is 35.5 Å². The summed E-state index contributed by atoms with van der Waals surface area (Å²) < 4.78 is 4.86. The third kappa shape index (κ3) is 1.94. The number of hydrogen-bond donors (Lipinski definition) is 2. The summed E-state index contributed by atoms with van der Waals surface area (Å²) >= 11 is 0. The molecule has 0 spiro atoms. The summed E-state index contributed by atoms with van der Waals surface area (Å²) in [5, 5.41) is 12.5. The third-order valence-corrected chi connectivity index (χ3v) is 2.38. The molecule has 0 unspecified atom stereocenters. The molecule has 1 aliphatic heterocycles. The zero-order valence-electron chi connectivity index (χ0n) is 8.93. The van der Waals surface area contributed by atoms with Gasteiger partial charge in [0.05, 0.1) is 6.61 Å². The van der Waals surface area contributed by atoms with Gasteiger partial charge in [0.25, 0.3) is 0 Å². The number of fused-ring (bicyclic) bond motifs is 1. The van der Waals surface area contributed by atoms with Crippen LogP contribution in [0.15, 0.2) is 30.0 Å². The number of carbonyl (C=O) groups excluding carboxylic acids is 1. The molecule has 0 aromatic heterocycles. The fraction of sp³-hybridized carbons (Fsp3) is 0.182. The van der Waals surface area contributed by atoms with E-state index >= 15 is 0 Å². The fourth-order valence-electron chi connectivity index (χ4n) is 1.64. The van der Waals surface area contributed by atoms with E-state index < -0.39 is 13.0 Å². The number of ether oxygens (including phenoxy) is 1. The van der Waals surface area contributed by atoms with Crippen molar-refractivity contribution in [3.63, 3.8) is 0 Å². The Morgan fingerprint density at radius 2 is 2.25 bits per heavy atom. The number of hydrogen-bond acceptors (Lipinski definition) is 4. The number of benzene rings is 1. The van der Waals surface area contributed by atoms with Crippen molar-refractivity contribution >= 4 is 24.6 Å². The predicted molar refractivity (Wildman–Crippen MR) is 61.8 cm³/mol. The Balaban J connectivity index is 2.33. The monoisotopic (exact) mass is 217 g/mol. The SMILES string of the molecule is CCOC(=O)C1=Cc2ccccc2B(O)N1. The van der Waals surface area contributed by atoms with Gasteiger partial charge in [0.15, 0.2) is 0 Å². The topological polar surface area (TPSA) is 58.6 Å². The highest BCUT2D eigenvalue weighted by molar-refractivity contribution is 6.66. The van der Waals surface area contributed by atoms with E-state index in [2.05, 4.69) is 5.23 Å². The van der Waals surface area contributed by atoms with Gasteiger partial charge in [-0.05, 0) is 24.0 Å². The quantitative estimate of drug-likeness (QED) is 0.535. The van der Waals surface area contributed by atoms with Crippen molar-refractivity contribution in [2.75, 3.05) is 6.61 Å². The summed E-state index contributed by atoms with van der Waals surface area (Å²) in [4.78, 5) is 11.5. The molecule has 0 aliphatic carbocycles. The molecule has 1 heterocycles. The summed E-state index contributed by atoms with van der Waals surface area (Å²) in [5.41, 5.74) is 1.88. The van der Waals surface area contributed by atoms with Crippen LogP contribution in [0.2, 0.25) is 0 Å². The first-order chi connectivity index (χ1) is 7.72. The number of nitrogens with one attached hydrogen (secondary N) is 1. The van der Waals surface area contributed by atoms with Gasteiger partial charge in [-0.3, -0.25) is 0 Å². The summed E-state index contributed by atoms with van der Waals surface area (Å²) in [5.74, 6) is -0.448. The molecule has 0 atom stereocenters. The van der Waals surface area contributed by atoms with E-state index in [1.54, 1.807) is 13.0 Å². The van der Waals surface area contributed by atoms with Crippen molar-refractivity contribution in [3.8, 4) is 0 Å².